The largest absolute Gasteiger partial charge is 0.491 e. The normalized spacial score (nSPS) is 12.1. The second-order valence-corrected chi connectivity index (χ2v) is 7.35. The fourth-order valence-corrected chi connectivity index (χ4v) is 3.95. The van der Waals surface area contributed by atoms with E-state index in [1.165, 1.54) is 11.3 Å². The molecule has 3 aromatic rings. The maximum atomic E-state index is 12.7. The standard InChI is InChI=1S/C21H24N2O3S/c1-4-7-17(25-3)13-26-16-9-5-8-15(12-16)23-20(24)19-14(2)18-10-6-11-22-21(18)27-19/h5-6,8-12,17H,4,7,13H2,1-3H3,(H,23,24). The maximum Gasteiger partial charge on any atom is 0.266 e. The molecule has 1 atom stereocenters. The summed E-state index contributed by atoms with van der Waals surface area (Å²) in [7, 11) is 1.70. The van der Waals surface area contributed by atoms with Gasteiger partial charge in [-0.1, -0.05) is 25.5 Å². The number of benzene rings is 1. The smallest absolute Gasteiger partial charge is 0.266 e. The van der Waals surface area contributed by atoms with Crippen molar-refractivity contribution in [2.45, 2.75) is 32.8 Å². The highest BCUT2D eigenvalue weighted by molar-refractivity contribution is 7.20. The summed E-state index contributed by atoms with van der Waals surface area (Å²) in [5.41, 5.74) is 1.65. The van der Waals surface area contributed by atoms with Crippen molar-refractivity contribution in [2.75, 3.05) is 19.0 Å². The van der Waals surface area contributed by atoms with Crippen LogP contribution in [0.15, 0.2) is 42.6 Å². The van der Waals surface area contributed by atoms with Gasteiger partial charge in [-0.25, -0.2) is 4.98 Å². The van der Waals surface area contributed by atoms with E-state index >= 15 is 0 Å². The lowest BCUT2D eigenvalue weighted by molar-refractivity contribution is 0.0516. The Kier molecular flexibility index (Phi) is 6.42. The molecular formula is C21H24N2O3S. The molecule has 27 heavy (non-hydrogen) atoms. The Hall–Kier alpha value is -2.44. The molecule has 3 rings (SSSR count). The van der Waals surface area contributed by atoms with Gasteiger partial charge in [-0.3, -0.25) is 4.79 Å². The van der Waals surface area contributed by atoms with Crippen molar-refractivity contribution in [1.82, 2.24) is 4.98 Å². The zero-order valence-corrected chi connectivity index (χ0v) is 16.6. The Labute approximate surface area is 163 Å². The van der Waals surface area contributed by atoms with Gasteiger partial charge in [0.05, 0.1) is 11.0 Å². The Morgan fingerprint density at radius 3 is 2.89 bits per heavy atom. The highest BCUT2D eigenvalue weighted by atomic mass is 32.1. The van der Waals surface area contributed by atoms with Gasteiger partial charge >= 0.3 is 0 Å². The number of thiophene rings is 1. The summed E-state index contributed by atoms with van der Waals surface area (Å²) in [6, 6.07) is 11.3. The summed E-state index contributed by atoms with van der Waals surface area (Å²) in [5.74, 6) is 0.578. The lowest BCUT2D eigenvalue weighted by Crippen LogP contribution is -2.20. The van der Waals surface area contributed by atoms with Crippen LogP contribution in [0, 0.1) is 6.92 Å². The second-order valence-electron chi connectivity index (χ2n) is 6.35. The fraction of sp³-hybridized carbons (Fsp3) is 0.333. The van der Waals surface area contributed by atoms with Crippen molar-refractivity contribution in [2.24, 2.45) is 0 Å². The predicted molar refractivity (Wildman–Crippen MR) is 110 cm³/mol. The maximum absolute atomic E-state index is 12.7. The van der Waals surface area contributed by atoms with Crippen LogP contribution in [0.3, 0.4) is 0 Å². The monoisotopic (exact) mass is 384 g/mol. The van der Waals surface area contributed by atoms with Crippen LogP contribution in [0.1, 0.15) is 35.0 Å². The number of aromatic nitrogens is 1. The number of carbonyl (C=O) groups is 1. The van der Waals surface area contributed by atoms with Gasteiger partial charge in [0.2, 0.25) is 0 Å². The molecule has 0 bridgehead atoms. The van der Waals surface area contributed by atoms with E-state index in [4.69, 9.17) is 9.47 Å². The first-order chi connectivity index (χ1) is 13.1. The van der Waals surface area contributed by atoms with Crippen molar-refractivity contribution in [3.05, 3.63) is 53.0 Å². The van der Waals surface area contributed by atoms with E-state index in [2.05, 4.69) is 17.2 Å². The predicted octanol–water partition coefficient (Wildman–Crippen LogP) is 5.05. The number of aryl methyl sites for hydroxylation is 1. The average molecular weight is 385 g/mol. The van der Waals surface area contributed by atoms with Crippen LogP contribution in [-0.4, -0.2) is 30.7 Å². The molecule has 2 heterocycles. The molecule has 0 saturated carbocycles. The average Bonchev–Trinajstić information content (AvgIpc) is 3.02. The molecule has 6 heteroatoms. The van der Waals surface area contributed by atoms with Crippen LogP contribution in [0.5, 0.6) is 5.75 Å². The third kappa shape index (κ3) is 4.64. The van der Waals surface area contributed by atoms with E-state index in [0.29, 0.717) is 22.9 Å². The number of nitrogens with zero attached hydrogens (tertiary/aromatic N) is 1. The zero-order valence-electron chi connectivity index (χ0n) is 15.8. The minimum atomic E-state index is -0.131. The molecule has 0 fully saturated rings. The number of pyridine rings is 1. The van der Waals surface area contributed by atoms with Gasteiger partial charge in [-0.05, 0) is 37.1 Å². The molecule has 1 amide bonds. The molecule has 0 radical (unpaired) electrons. The van der Waals surface area contributed by atoms with Gasteiger partial charge in [-0.15, -0.1) is 11.3 Å². The minimum absolute atomic E-state index is 0.0712. The first kappa shape index (κ1) is 19.3. The van der Waals surface area contributed by atoms with E-state index in [0.717, 1.165) is 28.6 Å². The van der Waals surface area contributed by atoms with Gasteiger partial charge in [0.15, 0.2) is 0 Å². The van der Waals surface area contributed by atoms with Gasteiger partial charge in [0.1, 0.15) is 17.2 Å². The number of amides is 1. The van der Waals surface area contributed by atoms with Crippen LogP contribution in [0.4, 0.5) is 5.69 Å². The number of hydrogen-bond donors (Lipinski definition) is 1. The number of rotatable bonds is 8. The van der Waals surface area contributed by atoms with Crippen LogP contribution < -0.4 is 10.1 Å². The lowest BCUT2D eigenvalue weighted by Gasteiger charge is -2.16. The molecule has 1 unspecified atom stereocenters. The summed E-state index contributed by atoms with van der Waals surface area (Å²) in [5, 5.41) is 3.98. The van der Waals surface area contributed by atoms with Crippen LogP contribution in [0.2, 0.25) is 0 Å². The van der Waals surface area contributed by atoms with Gasteiger partial charge in [0, 0.05) is 30.4 Å². The summed E-state index contributed by atoms with van der Waals surface area (Å²) < 4.78 is 11.2. The molecule has 2 aromatic heterocycles. The third-order valence-corrected chi connectivity index (χ3v) is 5.61. The Morgan fingerprint density at radius 2 is 2.15 bits per heavy atom. The number of ether oxygens (including phenoxy) is 2. The molecule has 0 aliphatic carbocycles. The van der Waals surface area contributed by atoms with Crippen LogP contribution in [0.25, 0.3) is 10.2 Å². The summed E-state index contributed by atoms with van der Waals surface area (Å²) in [6.45, 7) is 4.56. The number of nitrogens with one attached hydrogen (secondary N) is 1. The molecule has 142 valence electrons. The van der Waals surface area contributed by atoms with Gasteiger partial charge in [-0.2, -0.15) is 0 Å². The second kappa shape index (κ2) is 8.97. The Morgan fingerprint density at radius 1 is 1.30 bits per heavy atom. The lowest BCUT2D eigenvalue weighted by atomic mass is 10.2. The van der Waals surface area contributed by atoms with Crippen molar-refractivity contribution in [3.63, 3.8) is 0 Å². The number of methoxy groups -OCH3 is 1. The number of fused-ring (bicyclic) bond motifs is 1. The fourth-order valence-electron chi connectivity index (χ4n) is 2.90. The molecule has 5 nitrogen and oxygen atoms in total. The van der Waals surface area contributed by atoms with E-state index in [-0.39, 0.29) is 12.0 Å². The molecule has 0 spiro atoms. The number of carbonyl (C=O) groups excluding carboxylic acids is 1. The molecule has 0 saturated heterocycles. The number of hydrogen-bond acceptors (Lipinski definition) is 5. The van der Waals surface area contributed by atoms with E-state index < -0.39 is 0 Å². The van der Waals surface area contributed by atoms with Crippen molar-refractivity contribution < 1.29 is 14.3 Å². The molecule has 1 N–H and O–H groups in total. The quantitative estimate of drug-likeness (QED) is 0.590. The SMILES string of the molecule is CCCC(COc1cccc(NC(=O)c2sc3ncccc3c2C)c1)OC. The summed E-state index contributed by atoms with van der Waals surface area (Å²) >= 11 is 1.41. The first-order valence-electron chi connectivity index (χ1n) is 9.03. The van der Waals surface area contributed by atoms with E-state index in [9.17, 15) is 4.79 Å². The molecule has 0 aliphatic heterocycles. The molecule has 1 aromatic carbocycles. The van der Waals surface area contributed by atoms with Crippen LogP contribution in [-0.2, 0) is 4.74 Å². The van der Waals surface area contributed by atoms with Gasteiger partial charge < -0.3 is 14.8 Å². The first-order valence-corrected chi connectivity index (χ1v) is 9.85. The van der Waals surface area contributed by atoms with Crippen molar-refractivity contribution >= 4 is 33.1 Å². The van der Waals surface area contributed by atoms with Crippen molar-refractivity contribution in [3.8, 4) is 5.75 Å². The van der Waals surface area contributed by atoms with Crippen molar-refractivity contribution in [1.29, 1.82) is 0 Å². The Bertz CT molecular complexity index is 923. The number of anilines is 1. The minimum Gasteiger partial charge on any atom is -0.491 e. The molecular weight excluding hydrogens is 360 g/mol. The highest BCUT2D eigenvalue weighted by Crippen LogP contribution is 2.30. The third-order valence-electron chi connectivity index (χ3n) is 4.39. The highest BCUT2D eigenvalue weighted by Gasteiger charge is 2.16. The summed E-state index contributed by atoms with van der Waals surface area (Å²) in [4.78, 5) is 18.6. The van der Waals surface area contributed by atoms with E-state index in [1.807, 2.05) is 43.3 Å². The van der Waals surface area contributed by atoms with Gasteiger partial charge in [0.25, 0.3) is 5.91 Å². The summed E-state index contributed by atoms with van der Waals surface area (Å²) in [6.07, 6.45) is 3.81. The van der Waals surface area contributed by atoms with Crippen LogP contribution >= 0.6 is 11.3 Å². The Balaban J connectivity index is 1.70. The molecule has 0 aliphatic rings. The zero-order chi connectivity index (χ0) is 19.2. The topological polar surface area (TPSA) is 60.5 Å². The van der Waals surface area contributed by atoms with E-state index in [1.54, 1.807) is 13.3 Å².